The van der Waals surface area contributed by atoms with Crippen molar-refractivity contribution in [1.29, 1.82) is 0 Å². The molecular formula is C8H18O4Si2. The second-order valence-corrected chi connectivity index (χ2v) is 12.0. The molecule has 0 aromatic heterocycles. The van der Waals surface area contributed by atoms with Gasteiger partial charge in [-0.25, -0.2) is 9.59 Å². The second kappa shape index (κ2) is 5.30. The quantitative estimate of drug-likeness (QED) is 0.414. The molecule has 6 heteroatoms. The normalized spacial score (nSPS) is 11.3. The van der Waals surface area contributed by atoms with E-state index in [4.69, 9.17) is 9.16 Å². The molecule has 0 radical (unpaired) electrons. The van der Waals surface area contributed by atoms with Crippen molar-refractivity contribution in [1.82, 2.24) is 0 Å². The Morgan fingerprint density at radius 2 is 1.64 bits per heavy atom. The average Bonchev–Trinajstić information content (AvgIpc) is 1.96. The molecule has 14 heavy (non-hydrogen) atoms. The first-order chi connectivity index (χ1) is 6.22. The standard InChI is InChI=1S/C8H18O4Si2/c1-13(2)6-11-7(9)8(10)12-14(3,4)5/h13H,6H2,1-5H3. The van der Waals surface area contributed by atoms with Gasteiger partial charge >= 0.3 is 11.9 Å². The SMILES string of the molecule is C[SiH](C)COC(=O)C(=O)O[Si](C)(C)C. The third kappa shape index (κ3) is 6.84. The van der Waals surface area contributed by atoms with Crippen LogP contribution in [-0.4, -0.2) is 35.3 Å². The molecule has 0 bridgehead atoms. The Hall–Kier alpha value is -0.626. The fourth-order valence-corrected chi connectivity index (χ4v) is 1.75. The molecule has 0 saturated heterocycles. The van der Waals surface area contributed by atoms with Crippen LogP contribution in [0.3, 0.4) is 0 Å². The molecule has 0 spiro atoms. The summed E-state index contributed by atoms with van der Waals surface area (Å²) in [6, 6.07) is 0. The summed E-state index contributed by atoms with van der Waals surface area (Å²) in [5, 5.41) is 0. The molecule has 0 aliphatic carbocycles. The van der Waals surface area contributed by atoms with Crippen LogP contribution >= 0.6 is 0 Å². The van der Waals surface area contributed by atoms with Crippen molar-refractivity contribution in [3.63, 3.8) is 0 Å². The van der Waals surface area contributed by atoms with E-state index in [1.807, 2.05) is 32.7 Å². The van der Waals surface area contributed by atoms with Crippen LogP contribution in [0.25, 0.3) is 0 Å². The van der Waals surface area contributed by atoms with Crippen molar-refractivity contribution in [3.05, 3.63) is 0 Å². The van der Waals surface area contributed by atoms with Crippen LogP contribution in [0, 0.1) is 0 Å². The van der Waals surface area contributed by atoms with Gasteiger partial charge in [0.2, 0.25) is 8.32 Å². The van der Waals surface area contributed by atoms with E-state index in [0.717, 1.165) is 0 Å². The number of ether oxygens (including phenoxy) is 1. The number of carbonyl (C=O) groups is 2. The van der Waals surface area contributed by atoms with Gasteiger partial charge in [-0.15, -0.1) is 0 Å². The number of esters is 1. The number of hydrogen-bond acceptors (Lipinski definition) is 4. The zero-order valence-corrected chi connectivity index (χ0v) is 11.6. The molecule has 0 aromatic carbocycles. The van der Waals surface area contributed by atoms with Crippen molar-refractivity contribution in [3.8, 4) is 0 Å². The number of rotatable bonds is 3. The molecule has 0 amide bonds. The van der Waals surface area contributed by atoms with Crippen LogP contribution in [-0.2, 0) is 18.8 Å². The van der Waals surface area contributed by atoms with Crippen LogP contribution in [0.1, 0.15) is 0 Å². The van der Waals surface area contributed by atoms with Gasteiger partial charge in [0.15, 0.2) is 0 Å². The molecule has 0 saturated carbocycles. The Kier molecular flexibility index (Phi) is 5.07. The maximum atomic E-state index is 11.1. The van der Waals surface area contributed by atoms with E-state index >= 15 is 0 Å². The van der Waals surface area contributed by atoms with E-state index in [-0.39, 0.29) is 0 Å². The van der Waals surface area contributed by atoms with E-state index in [9.17, 15) is 9.59 Å². The van der Waals surface area contributed by atoms with Crippen molar-refractivity contribution in [2.75, 3.05) is 6.23 Å². The molecule has 0 aliphatic heterocycles. The van der Waals surface area contributed by atoms with Gasteiger partial charge in [-0.2, -0.15) is 0 Å². The summed E-state index contributed by atoms with van der Waals surface area (Å²) in [6.45, 7) is 9.61. The van der Waals surface area contributed by atoms with Gasteiger partial charge in [0.1, 0.15) is 0 Å². The van der Waals surface area contributed by atoms with Crippen molar-refractivity contribution in [2.45, 2.75) is 32.7 Å². The Morgan fingerprint density at radius 1 is 1.14 bits per heavy atom. The smallest absolute Gasteiger partial charge is 0.415 e. The van der Waals surface area contributed by atoms with E-state index in [1.54, 1.807) is 0 Å². The third-order valence-corrected chi connectivity index (χ3v) is 2.74. The first kappa shape index (κ1) is 13.4. The highest BCUT2D eigenvalue weighted by molar-refractivity contribution is 6.72. The van der Waals surface area contributed by atoms with E-state index < -0.39 is 29.1 Å². The topological polar surface area (TPSA) is 52.6 Å². The minimum Gasteiger partial charge on any atom is -0.512 e. The summed E-state index contributed by atoms with van der Waals surface area (Å²) in [4.78, 5) is 22.2. The summed E-state index contributed by atoms with van der Waals surface area (Å²) in [6.07, 6.45) is 0.389. The van der Waals surface area contributed by atoms with Gasteiger partial charge in [0.05, 0.1) is 15.0 Å². The van der Waals surface area contributed by atoms with Gasteiger partial charge < -0.3 is 9.16 Å². The van der Waals surface area contributed by atoms with Gasteiger partial charge in [-0.1, -0.05) is 13.1 Å². The predicted molar refractivity (Wildman–Crippen MR) is 59.3 cm³/mol. The molecule has 0 unspecified atom stereocenters. The second-order valence-electron chi connectivity index (χ2n) is 4.49. The highest BCUT2D eigenvalue weighted by Crippen LogP contribution is 2.03. The molecule has 0 heterocycles. The van der Waals surface area contributed by atoms with E-state index in [0.29, 0.717) is 6.23 Å². The van der Waals surface area contributed by atoms with Gasteiger partial charge in [0.25, 0.3) is 0 Å². The summed E-state index contributed by atoms with van der Waals surface area (Å²) in [5.41, 5.74) is 0. The maximum absolute atomic E-state index is 11.1. The third-order valence-electron chi connectivity index (χ3n) is 1.11. The monoisotopic (exact) mass is 234 g/mol. The fraction of sp³-hybridized carbons (Fsp3) is 0.750. The van der Waals surface area contributed by atoms with Crippen molar-refractivity contribution in [2.24, 2.45) is 0 Å². The summed E-state index contributed by atoms with van der Waals surface area (Å²) >= 11 is 0. The molecule has 0 fully saturated rings. The fourth-order valence-electron chi connectivity index (χ4n) is 0.621. The van der Waals surface area contributed by atoms with Crippen LogP contribution in [0.5, 0.6) is 0 Å². The number of carbonyl (C=O) groups excluding carboxylic acids is 2. The average molecular weight is 234 g/mol. The van der Waals surface area contributed by atoms with Crippen LogP contribution in [0.2, 0.25) is 32.7 Å². The molecule has 0 aromatic rings. The lowest BCUT2D eigenvalue weighted by molar-refractivity contribution is -0.161. The Morgan fingerprint density at radius 3 is 2.00 bits per heavy atom. The molecule has 0 aliphatic rings. The van der Waals surface area contributed by atoms with E-state index in [2.05, 4.69) is 0 Å². The highest BCUT2D eigenvalue weighted by atomic mass is 28.4. The van der Waals surface area contributed by atoms with Gasteiger partial charge in [-0.05, 0) is 19.6 Å². The molecule has 4 nitrogen and oxygen atoms in total. The molecular weight excluding hydrogens is 216 g/mol. The largest absolute Gasteiger partial charge is 0.512 e. The maximum Gasteiger partial charge on any atom is 0.415 e. The lowest BCUT2D eigenvalue weighted by Crippen LogP contribution is -2.34. The minimum atomic E-state index is -1.98. The van der Waals surface area contributed by atoms with Gasteiger partial charge in [0, 0.05) is 0 Å². The van der Waals surface area contributed by atoms with Crippen molar-refractivity contribution >= 4 is 29.1 Å². The first-order valence-corrected chi connectivity index (χ1v) is 11.2. The van der Waals surface area contributed by atoms with Crippen LogP contribution < -0.4 is 0 Å². The highest BCUT2D eigenvalue weighted by Gasteiger charge is 2.26. The van der Waals surface area contributed by atoms with Crippen molar-refractivity contribution < 1.29 is 18.8 Å². The predicted octanol–water partition coefficient (Wildman–Crippen LogP) is 0.934. The zero-order chi connectivity index (χ0) is 11.4. The minimum absolute atomic E-state index is 0.389. The Labute approximate surface area is 87.3 Å². The molecule has 0 N–H and O–H groups in total. The zero-order valence-electron chi connectivity index (χ0n) is 9.42. The number of hydrogen-bond donors (Lipinski definition) is 0. The summed E-state index contributed by atoms with van der Waals surface area (Å²) in [5.74, 6) is -1.70. The summed E-state index contributed by atoms with van der Waals surface area (Å²) < 4.78 is 9.75. The lowest BCUT2D eigenvalue weighted by Gasteiger charge is -2.16. The van der Waals surface area contributed by atoms with Crippen LogP contribution in [0.15, 0.2) is 0 Å². The molecule has 0 rings (SSSR count). The van der Waals surface area contributed by atoms with Crippen LogP contribution in [0.4, 0.5) is 0 Å². The van der Waals surface area contributed by atoms with Gasteiger partial charge in [-0.3, -0.25) is 0 Å². The summed E-state index contributed by atoms with van der Waals surface area (Å²) in [7, 11) is -2.94. The Bertz CT molecular complexity index is 220. The molecule has 82 valence electrons. The lowest BCUT2D eigenvalue weighted by atomic mass is 10.7. The first-order valence-electron chi connectivity index (χ1n) is 4.62. The Balaban J connectivity index is 3.95. The molecule has 0 atom stereocenters. The van der Waals surface area contributed by atoms with E-state index in [1.165, 1.54) is 0 Å².